The fourth-order valence-electron chi connectivity index (χ4n) is 4.42. The lowest BCUT2D eigenvalue weighted by atomic mass is 9.86. The Kier molecular flexibility index (Phi) is 3.75. The van der Waals surface area contributed by atoms with Crippen LogP contribution in [0.25, 0.3) is 0 Å². The number of benzene rings is 1. The van der Waals surface area contributed by atoms with Crippen LogP contribution < -0.4 is 4.74 Å². The van der Waals surface area contributed by atoms with E-state index >= 15 is 0 Å². The van der Waals surface area contributed by atoms with Gasteiger partial charge in [0.25, 0.3) is 0 Å². The molecule has 6 heteroatoms. The Hall–Kier alpha value is -1.37. The summed E-state index contributed by atoms with van der Waals surface area (Å²) in [5, 5.41) is 7.33. The van der Waals surface area contributed by atoms with Gasteiger partial charge in [-0.25, -0.2) is 5.01 Å². The Morgan fingerprint density at radius 1 is 1.23 bits per heavy atom. The van der Waals surface area contributed by atoms with E-state index in [1.54, 1.807) is 11.3 Å². The zero-order chi connectivity index (χ0) is 17.9. The molecule has 0 aliphatic carbocycles. The van der Waals surface area contributed by atoms with Crippen molar-refractivity contribution in [3.8, 4) is 5.75 Å². The summed E-state index contributed by atoms with van der Waals surface area (Å²) >= 11 is 5.32. The van der Waals surface area contributed by atoms with Gasteiger partial charge in [0, 0.05) is 24.8 Å². The first-order valence-corrected chi connectivity index (χ1v) is 10.6. The van der Waals surface area contributed by atoms with Crippen molar-refractivity contribution in [2.24, 2.45) is 5.10 Å². The summed E-state index contributed by atoms with van der Waals surface area (Å²) in [7, 11) is 0. The van der Waals surface area contributed by atoms with Gasteiger partial charge in [0.05, 0.1) is 32.6 Å². The second-order valence-corrected chi connectivity index (χ2v) is 10.3. The van der Waals surface area contributed by atoms with Crippen molar-refractivity contribution in [1.29, 1.82) is 0 Å². The number of halogens is 1. The van der Waals surface area contributed by atoms with Crippen LogP contribution >= 0.6 is 27.3 Å². The molecule has 1 spiro atoms. The van der Waals surface area contributed by atoms with Crippen molar-refractivity contribution in [3.05, 3.63) is 50.6 Å². The summed E-state index contributed by atoms with van der Waals surface area (Å²) in [6.45, 7) is 4.97. The molecule has 136 valence electrons. The molecule has 1 aromatic heterocycles. The van der Waals surface area contributed by atoms with Crippen LogP contribution in [0.5, 0.6) is 5.75 Å². The van der Waals surface area contributed by atoms with Crippen LogP contribution in [0.15, 0.2) is 45.3 Å². The van der Waals surface area contributed by atoms with Gasteiger partial charge in [0.15, 0.2) is 0 Å². The zero-order valence-corrected chi connectivity index (χ0v) is 17.3. The van der Waals surface area contributed by atoms with E-state index < -0.39 is 5.72 Å². The highest BCUT2D eigenvalue weighted by molar-refractivity contribution is 9.11. The lowest BCUT2D eigenvalue weighted by Crippen LogP contribution is -2.60. The van der Waals surface area contributed by atoms with E-state index in [9.17, 15) is 0 Å². The molecule has 1 saturated heterocycles. The van der Waals surface area contributed by atoms with E-state index in [2.05, 4.69) is 71.2 Å². The van der Waals surface area contributed by atoms with Gasteiger partial charge in [0.2, 0.25) is 5.72 Å². The highest BCUT2D eigenvalue weighted by Gasteiger charge is 2.54. The Bertz CT molecular complexity index is 893. The van der Waals surface area contributed by atoms with Gasteiger partial charge >= 0.3 is 0 Å². The van der Waals surface area contributed by atoms with Crippen LogP contribution in [0.4, 0.5) is 0 Å². The van der Waals surface area contributed by atoms with Crippen molar-refractivity contribution >= 4 is 33.0 Å². The van der Waals surface area contributed by atoms with Gasteiger partial charge in [-0.1, -0.05) is 18.2 Å². The number of thiophene rings is 1. The predicted molar refractivity (Wildman–Crippen MR) is 107 cm³/mol. The molecule has 0 unspecified atom stereocenters. The third kappa shape index (κ3) is 2.62. The third-order valence-corrected chi connectivity index (χ3v) is 7.12. The monoisotopic (exact) mass is 432 g/mol. The maximum atomic E-state index is 6.63. The van der Waals surface area contributed by atoms with Crippen LogP contribution in [0.1, 0.15) is 49.6 Å². The lowest BCUT2D eigenvalue weighted by molar-refractivity contribution is -0.212. The van der Waals surface area contributed by atoms with Crippen molar-refractivity contribution in [1.82, 2.24) is 5.01 Å². The summed E-state index contributed by atoms with van der Waals surface area (Å²) < 4.78 is 13.8. The maximum absolute atomic E-state index is 6.63. The quantitative estimate of drug-likeness (QED) is 0.609. The average Bonchev–Trinajstić information content (AvgIpc) is 3.21. The molecule has 0 N–H and O–H groups in total. The predicted octanol–water partition coefficient (Wildman–Crippen LogP) is 5.34. The number of hydrogen-bond donors (Lipinski definition) is 0. The molecule has 0 saturated carbocycles. The van der Waals surface area contributed by atoms with Crippen LogP contribution in [0.2, 0.25) is 0 Å². The van der Waals surface area contributed by atoms with E-state index in [1.807, 2.05) is 0 Å². The highest BCUT2D eigenvalue weighted by atomic mass is 79.9. The normalized spacial score (nSPS) is 29.1. The Morgan fingerprint density at radius 2 is 2.08 bits per heavy atom. The van der Waals surface area contributed by atoms with Gasteiger partial charge in [-0.2, -0.15) is 5.10 Å². The molecule has 1 fully saturated rings. The molecule has 0 bridgehead atoms. The first-order valence-electron chi connectivity index (χ1n) is 9.00. The number of nitrogens with zero attached hydrogens (tertiary/aromatic N) is 2. The maximum Gasteiger partial charge on any atom is 0.203 e. The number of rotatable bonds is 1. The summed E-state index contributed by atoms with van der Waals surface area (Å²) in [6, 6.07) is 12.9. The van der Waals surface area contributed by atoms with Crippen molar-refractivity contribution in [2.45, 2.75) is 50.5 Å². The molecule has 4 nitrogen and oxygen atoms in total. The van der Waals surface area contributed by atoms with Gasteiger partial charge in [0.1, 0.15) is 5.75 Å². The number of fused-ring (bicyclic) bond motifs is 4. The number of hydrogen-bond acceptors (Lipinski definition) is 5. The standard InChI is InChI=1S/C20H21BrN2O2S/c1-19(2)12-20(9-10-24-19)23-15(13-5-3-4-6-16(13)25-20)11-14(22-23)17-7-8-18(21)26-17/h3-8,15H,9-12H2,1-2H3/t15-,20-/m1/s1. The van der Waals surface area contributed by atoms with Crippen LogP contribution in [-0.4, -0.2) is 28.7 Å². The lowest BCUT2D eigenvalue weighted by Gasteiger charge is -2.52. The minimum absolute atomic E-state index is 0.223. The first-order chi connectivity index (χ1) is 12.5. The summed E-state index contributed by atoms with van der Waals surface area (Å²) in [5.41, 5.74) is 1.72. The molecule has 5 rings (SSSR count). The fraction of sp³-hybridized carbons (Fsp3) is 0.450. The molecule has 3 aliphatic heterocycles. The first kappa shape index (κ1) is 16.8. The molecule has 3 aliphatic rings. The fourth-order valence-corrected chi connectivity index (χ4v) is 5.80. The van der Waals surface area contributed by atoms with Gasteiger partial charge < -0.3 is 9.47 Å². The van der Waals surface area contributed by atoms with E-state index in [1.165, 1.54) is 10.4 Å². The van der Waals surface area contributed by atoms with Crippen LogP contribution in [0.3, 0.4) is 0 Å². The summed E-state index contributed by atoms with van der Waals surface area (Å²) in [5.74, 6) is 0.996. The highest BCUT2D eigenvalue weighted by Crippen LogP contribution is 2.52. The van der Waals surface area contributed by atoms with E-state index in [4.69, 9.17) is 14.6 Å². The molecule has 2 atom stereocenters. The third-order valence-electron chi connectivity index (χ3n) is 5.45. The van der Waals surface area contributed by atoms with Gasteiger partial charge in [-0.3, -0.25) is 0 Å². The van der Waals surface area contributed by atoms with E-state index in [-0.39, 0.29) is 11.6 Å². The van der Waals surface area contributed by atoms with Crippen molar-refractivity contribution in [3.63, 3.8) is 0 Å². The molecule has 4 heterocycles. The largest absolute Gasteiger partial charge is 0.466 e. The Morgan fingerprint density at radius 3 is 2.85 bits per heavy atom. The Labute approximate surface area is 165 Å². The molecule has 0 amide bonds. The summed E-state index contributed by atoms with van der Waals surface area (Å²) in [6.07, 6.45) is 2.54. The van der Waals surface area contributed by atoms with Crippen LogP contribution in [-0.2, 0) is 4.74 Å². The Balaban J connectivity index is 1.61. The van der Waals surface area contributed by atoms with E-state index in [0.29, 0.717) is 6.61 Å². The second-order valence-electron chi connectivity index (χ2n) is 7.84. The van der Waals surface area contributed by atoms with Crippen molar-refractivity contribution in [2.75, 3.05) is 6.61 Å². The second kappa shape index (κ2) is 5.81. The smallest absolute Gasteiger partial charge is 0.203 e. The average molecular weight is 433 g/mol. The molecule has 2 aromatic rings. The van der Waals surface area contributed by atoms with Gasteiger partial charge in [-0.15, -0.1) is 11.3 Å². The molecule has 1 aromatic carbocycles. The number of ether oxygens (including phenoxy) is 2. The molecular formula is C20H21BrN2O2S. The van der Waals surface area contributed by atoms with Crippen LogP contribution in [0, 0.1) is 0 Å². The zero-order valence-electron chi connectivity index (χ0n) is 14.9. The number of hydrazone groups is 1. The summed E-state index contributed by atoms with van der Waals surface area (Å²) in [4.78, 5) is 1.23. The van der Waals surface area contributed by atoms with E-state index in [0.717, 1.165) is 34.5 Å². The molecule has 0 radical (unpaired) electrons. The minimum atomic E-state index is -0.434. The minimum Gasteiger partial charge on any atom is -0.466 e. The number of para-hydroxylation sites is 1. The van der Waals surface area contributed by atoms with Crippen molar-refractivity contribution < 1.29 is 9.47 Å². The topological polar surface area (TPSA) is 34.1 Å². The SMILES string of the molecule is CC1(C)C[C@@]2(CCO1)Oc1ccccc1[C@H]1CC(c3ccc(Br)s3)=NN12. The molecule has 26 heavy (non-hydrogen) atoms. The van der Waals surface area contributed by atoms with Gasteiger partial charge in [-0.05, 0) is 48.0 Å². The molecular weight excluding hydrogens is 412 g/mol.